The molecule has 2 aromatic rings. The first-order valence-corrected chi connectivity index (χ1v) is 8.50. The van der Waals surface area contributed by atoms with Gasteiger partial charge in [-0.3, -0.25) is 9.59 Å². The fraction of sp³-hybridized carbons (Fsp3) is 0.0500. The van der Waals surface area contributed by atoms with Crippen molar-refractivity contribution in [3.63, 3.8) is 0 Å². The van der Waals surface area contributed by atoms with Crippen molar-refractivity contribution in [2.75, 3.05) is 22.2 Å². The first-order chi connectivity index (χ1) is 13.0. The average Bonchev–Trinajstić information content (AvgIpc) is 3.13. The van der Waals surface area contributed by atoms with Crippen molar-refractivity contribution in [2.45, 2.75) is 0 Å². The smallest absolute Gasteiger partial charge is 0.277 e. The van der Waals surface area contributed by atoms with Crippen molar-refractivity contribution in [3.05, 3.63) is 76.6 Å². The number of carbonyl (C=O) groups is 2. The molecule has 0 spiro atoms. The van der Waals surface area contributed by atoms with Gasteiger partial charge in [-0.1, -0.05) is 41.9 Å². The van der Waals surface area contributed by atoms with E-state index in [0.29, 0.717) is 11.5 Å². The van der Waals surface area contributed by atoms with Crippen molar-refractivity contribution in [1.82, 2.24) is 0 Å². The van der Waals surface area contributed by atoms with Crippen LogP contribution < -0.4 is 15.1 Å². The molecule has 0 saturated carbocycles. The Morgan fingerprint density at radius 3 is 2.37 bits per heavy atom. The fourth-order valence-electron chi connectivity index (χ4n) is 3.19. The molecule has 0 bridgehead atoms. The number of carbonyl (C=O) groups excluding carboxylic acids is 2. The van der Waals surface area contributed by atoms with Crippen molar-refractivity contribution in [2.24, 2.45) is 0 Å². The van der Waals surface area contributed by atoms with E-state index in [1.807, 2.05) is 30.3 Å². The minimum Gasteiger partial charge on any atom is -0.339 e. The highest BCUT2D eigenvalue weighted by Gasteiger charge is 2.42. The molecule has 27 heavy (non-hydrogen) atoms. The zero-order chi connectivity index (χ0) is 19.1. The summed E-state index contributed by atoms with van der Waals surface area (Å²) in [5.41, 5.74) is 1.98. The third-order valence-electron chi connectivity index (χ3n) is 4.49. The van der Waals surface area contributed by atoms with Gasteiger partial charge in [0.2, 0.25) is 0 Å². The van der Waals surface area contributed by atoms with E-state index in [0.717, 1.165) is 16.3 Å². The molecule has 2 amide bonds. The summed E-state index contributed by atoms with van der Waals surface area (Å²) in [5.74, 6) is -0.858. The Kier molecular flexibility index (Phi) is 3.94. The van der Waals surface area contributed by atoms with Gasteiger partial charge in [0.05, 0.1) is 22.6 Å². The monoisotopic (exact) mass is 376 g/mol. The van der Waals surface area contributed by atoms with Crippen LogP contribution in [-0.2, 0) is 9.59 Å². The molecule has 2 heterocycles. The molecule has 0 aliphatic carbocycles. The first-order valence-electron chi connectivity index (χ1n) is 8.12. The highest BCUT2D eigenvalue weighted by molar-refractivity contribution is 6.53. The highest BCUT2D eigenvalue weighted by atomic mass is 35.5. The number of benzene rings is 2. The molecule has 0 unspecified atom stereocenters. The predicted octanol–water partition coefficient (Wildman–Crippen LogP) is 3.35. The van der Waals surface area contributed by atoms with Gasteiger partial charge in [-0.2, -0.15) is 5.26 Å². The fourth-order valence-corrected chi connectivity index (χ4v) is 3.45. The van der Waals surface area contributed by atoms with Crippen LogP contribution in [0.1, 0.15) is 0 Å². The Morgan fingerprint density at radius 1 is 1.04 bits per heavy atom. The van der Waals surface area contributed by atoms with Crippen LogP contribution in [0.25, 0.3) is 0 Å². The van der Waals surface area contributed by atoms with Crippen LogP contribution in [0.5, 0.6) is 0 Å². The largest absolute Gasteiger partial charge is 0.339 e. The molecule has 0 atom stereocenters. The van der Waals surface area contributed by atoms with Crippen LogP contribution in [-0.4, -0.2) is 18.9 Å². The van der Waals surface area contributed by atoms with Gasteiger partial charge in [-0.05, 0) is 24.3 Å². The lowest BCUT2D eigenvalue weighted by Crippen LogP contribution is -2.31. The van der Waals surface area contributed by atoms with Crippen LogP contribution in [0.3, 0.4) is 0 Å². The van der Waals surface area contributed by atoms with Gasteiger partial charge in [-0.25, -0.2) is 4.90 Å². The second-order valence-corrected chi connectivity index (χ2v) is 6.38. The lowest BCUT2D eigenvalue weighted by molar-refractivity contribution is -0.120. The molecule has 4 rings (SSSR count). The van der Waals surface area contributed by atoms with Gasteiger partial charge >= 0.3 is 0 Å². The number of hydrogen-bond donors (Lipinski definition) is 1. The van der Waals surface area contributed by atoms with Gasteiger partial charge in [0, 0.05) is 7.05 Å². The van der Waals surface area contributed by atoms with Crippen molar-refractivity contribution in [1.29, 1.82) is 5.26 Å². The maximum Gasteiger partial charge on any atom is 0.277 e. The Labute approximate surface area is 160 Å². The Morgan fingerprint density at radius 2 is 1.70 bits per heavy atom. The van der Waals surface area contributed by atoms with Gasteiger partial charge in [-0.15, -0.1) is 0 Å². The number of nitriles is 1. The first kappa shape index (κ1) is 16.9. The number of nitrogens with one attached hydrogen (secondary N) is 1. The molecule has 0 fully saturated rings. The Hall–Kier alpha value is -3.56. The summed E-state index contributed by atoms with van der Waals surface area (Å²) in [5, 5.41) is 12.6. The van der Waals surface area contributed by atoms with Gasteiger partial charge in [0.1, 0.15) is 22.5 Å². The van der Waals surface area contributed by atoms with E-state index in [1.54, 1.807) is 42.3 Å². The number of fused-ring (bicyclic) bond motifs is 1. The van der Waals surface area contributed by atoms with E-state index in [2.05, 4.69) is 5.32 Å². The summed E-state index contributed by atoms with van der Waals surface area (Å²) in [6, 6.07) is 18.0. The zero-order valence-corrected chi connectivity index (χ0v) is 15.0. The highest BCUT2D eigenvalue weighted by Crippen LogP contribution is 2.40. The summed E-state index contributed by atoms with van der Waals surface area (Å²) in [6.45, 7) is 0. The van der Waals surface area contributed by atoms with E-state index in [-0.39, 0.29) is 16.2 Å². The van der Waals surface area contributed by atoms with Gasteiger partial charge in [0.15, 0.2) is 0 Å². The molecule has 0 saturated heterocycles. The molecular weight excluding hydrogens is 364 g/mol. The van der Waals surface area contributed by atoms with Crippen LogP contribution in [0.15, 0.2) is 76.6 Å². The van der Waals surface area contributed by atoms with Crippen molar-refractivity contribution >= 4 is 40.5 Å². The summed E-state index contributed by atoms with van der Waals surface area (Å²) >= 11 is 6.22. The van der Waals surface area contributed by atoms with Crippen LogP contribution in [0, 0.1) is 11.3 Å². The van der Waals surface area contributed by atoms with E-state index >= 15 is 0 Å². The maximum absolute atomic E-state index is 13.0. The molecule has 0 aromatic heterocycles. The lowest BCUT2D eigenvalue weighted by Gasteiger charge is -2.17. The minimum absolute atomic E-state index is 0.0236. The third kappa shape index (κ3) is 2.48. The minimum atomic E-state index is -0.644. The number of halogens is 1. The quantitative estimate of drug-likeness (QED) is 0.642. The summed E-state index contributed by atoms with van der Waals surface area (Å²) in [7, 11) is 1.77. The van der Waals surface area contributed by atoms with Crippen molar-refractivity contribution < 1.29 is 9.59 Å². The Balaban J connectivity index is 1.82. The molecule has 0 radical (unpaired) electrons. The average molecular weight is 377 g/mol. The summed E-state index contributed by atoms with van der Waals surface area (Å²) in [6.07, 6.45) is 0. The van der Waals surface area contributed by atoms with Crippen LogP contribution >= 0.6 is 11.6 Å². The normalized spacial score (nSPS) is 17.8. The van der Waals surface area contributed by atoms with Crippen LogP contribution in [0.4, 0.5) is 17.1 Å². The maximum atomic E-state index is 13.0. The lowest BCUT2D eigenvalue weighted by atomic mass is 10.1. The number of amides is 2. The predicted molar refractivity (Wildman–Crippen MR) is 103 cm³/mol. The van der Waals surface area contributed by atoms with E-state index < -0.39 is 11.8 Å². The van der Waals surface area contributed by atoms with E-state index in [1.165, 1.54) is 0 Å². The van der Waals surface area contributed by atoms with Gasteiger partial charge in [0.25, 0.3) is 11.8 Å². The SMILES string of the molecule is CN1/C(=C(/C#N)C2=C(Cl)C(=O)N(c3ccccc3)C2=O)Nc2ccccc21. The number of anilines is 3. The molecular formula is C20H13ClN4O2. The van der Waals surface area contributed by atoms with E-state index in [4.69, 9.17) is 11.6 Å². The number of rotatable bonds is 2. The second kappa shape index (κ2) is 6.31. The molecule has 2 aliphatic heterocycles. The molecule has 132 valence electrons. The number of para-hydroxylation sites is 3. The molecule has 2 aromatic carbocycles. The summed E-state index contributed by atoms with van der Waals surface area (Å²) < 4.78 is 0. The molecule has 2 aliphatic rings. The molecule has 1 N–H and O–H groups in total. The van der Waals surface area contributed by atoms with Gasteiger partial charge < -0.3 is 10.2 Å². The van der Waals surface area contributed by atoms with E-state index in [9.17, 15) is 14.9 Å². The Bertz CT molecular complexity index is 1080. The molecule has 7 heteroatoms. The topological polar surface area (TPSA) is 76.4 Å². The zero-order valence-electron chi connectivity index (χ0n) is 14.2. The number of hydrogen-bond acceptors (Lipinski definition) is 5. The standard InChI is InChI=1S/C20H13ClN4O2/c1-24-15-10-6-5-9-14(15)23-18(24)13(11-22)16-17(21)20(27)25(19(16)26)12-7-3-2-4-8-12/h2-10,23H,1H3/b18-13-. The second-order valence-electron chi connectivity index (χ2n) is 6.01. The number of nitrogens with zero attached hydrogens (tertiary/aromatic N) is 3. The molecule has 6 nitrogen and oxygen atoms in total. The third-order valence-corrected chi connectivity index (χ3v) is 4.84. The summed E-state index contributed by atoms with van der Waals surface area (Å²) in [4.78, 5) is 28.3. The number of imide groups is 1. The van der Waals surface area contributed by atoms with Crippen molar-refractivity contribution in [3.8, 4) is 6.07 Å². The van der Waals surface area contributed by atoms with Crippen LogP contribution in [0.2, 0.25) is 0 Å².